The lowest BCUT2D eigenvalue weighted by atomic mass is 10.1. The second kappa shape index (κ2) is 7.99. The fourth-order valence-corrected chi connectivity index (χ4v) is 3.06. The Morgan fingerprint density at radius 1 is 1.32 bits per heavy atom. The molecule has 1 unspecified atom stereocenters. The first-order valence-electron chi connectivity index (χ1n) is 9.74. The molecule has 3 aromatic rings. The number of pyridine rings is 1. The quantitative estimate of drug-likeness (QED) is 0.528. The van der Waals surface area contributed by atoms with Gasteiger partial charge in [0.15, 0.2) is 0 Å². The van der Waals surface area contributed by atoms with E-state index in [2.05, 4.69) is 30.6 Å². The van der Waals surface area contributed by atoms with Crippen molar-refractivity contribution >= 4 is 23.4 Å². The molecule has 3 N–H and O–H groups in total. The Hall–Kier alpha value is -3.47. The predicted octanol–water partition coefficient (Wildman–Crippen LogP) is 3.15. The largest absolute Gasteiger partial charge is 0.387 e. The van der Waals surface area contributed by atoms with Crippen molar-refractivity contribution in [2.24, 2.45) is 5.92 Å². The van der Waals surface area contributed by atoms with E-state index < -0.39 is 30.3 Å². The highest BCUT2D eigenvalue weighted by Gasteiger charge is 2.61. The molecule has 0 aliphatic heterocycles. The Kier molecular flexibility index (Phi) is 5.36. The van der Waals surface area contributed by atoms with Gasteiger partial charge in [-0.1, -0.05) is 6.92 Å². The molecule has 0 aromatic carbocycles. The molecule has 4 rings (SSSR count). The van der Waals surface area contributed by atoms with Gasteiger partial charge in [-0.25, -0.2) is 23.7 Å². The number of aliphatic hydroxyl groups is 1. The van der Waals surface area contributed by atoms with E-state index in [1.54, 1.807) is 29.2 Å². The van der Waals surface area contributed by atoms with Crippen LogP contribution in [-0.2, 0) is 4.79 Å². The van der Waals surface area contributed by atoms with E-state index in [4.69, 9.17) is 0 Å². The van der Waals surface area contributed by atoms with E-state index in [0.717, 1.165) is 5.56 Å². The monoisotopic (exact) mass is 429 g/mol. The van der Waals surface area contributed by atoms with Crippen molar-refractivity contribution in [3.05, 3.63) is 48.3 Å². The van der Waals surface area contributed by atoms with Gasteiger partial charge in [-0.3, -0.25) is 14.3 Å². The summed E-state index contributed by atoms with van der Waals surface area (Å²) in [5, 5.41) is 15.5. The maximum Gasteiger partial charge on any atom is 0.260 e. The lowest BCUT2D eigenvalue weighted by Crippen LogP contribution is -2.18. The average molecular weight is 429 g/mol. The van der Waals surface area contributed by atoms with Gasteiger partial charge >= 0.3 is 0 Å². The maximum atomic E-state index is 13.1. The normalized spacial score (nSPS) is 17.8. The van der Waals surface area contributed by atoms with Crippen LogP contribution in [-0.4, -0.2) is 41.4 Å². The van der Waals surface area contributed by atoms with Crippen LogP contribution in [0.3, 0.4) is 0 Å². The zero-order chi connectivity index (χ0) is 22.2. The topological polar surface area (TPSA) is 118 Å². The van der Waals surface area contributed by atoms with Crippen molar-refractivity contribution in [2.45, 2.75) is 38.7 Å². The molecule has 0 saturated heterocycles. The molecule has 31 heavy (non-hydrogen) atoms. The summed E-state index contributed by atoms with van der Waals surface area (Å²) in [6.07, 6.45) is 5.55. The number of hydrogen-bond acceptors (Lipinski definition) is 7. The predicted molar refractivity (Wildman–Crippen MR) is 108 cm³/mol. The highest BCUT2D eigenvalue weighted by atomic mass is 19.3. The van der Waals surface area contributed by atoms with Crippen molar-refractivity contribution in [2.75, 3.05) is 10.6 Å². The fourth-order valence-electron chi connectivity index (χ4n) is 3.06. The second-order valence-corrected chi connectivity index (χ2v) is 7.36. The van der Waals surface area contributed by atoms with Crippen molar-refractivity contribution in [3.63, 3.8) is 0 Å². The van der Waals surface area contributed by atoms with Gasteiger partial charge in [0.05, 0.1) is 23.7 Å². The first-order chi connectivity index (χ1) is 14.8. The minimum Gasteiger partial charge on any atom is -0.387 e. The molecule has 1 aliphatic carbocycles. The number of halogens is 2. The molecule has 0 bridgehead atoms. The summed E-state index contributed by atoms with van der Waals surface area (Å²) < 4.78 is 27.8. The number of alkyl halides is 2. The third-order valence-electron chi connectivity index (χ3n) is 5.04. The van der Waals surface area contributed by atoms with E-state index >= 15 is 0 Å². The van der Waals surface area contributed by atoms with Gasteiger partial charge in [0.2, 0.25) is 11.9 Å². The van der Waals surface area contributed by atoms with Crippen LogP contribution in [0.2, 0.25) is 0 Å². The van der Waals surface area contributed by atoms with Gasteiger partial charge in [-0.05, 0) is 25.0 Å². The number of nitrogens with zero attached hydrogens (tertiary/aromatic N) is 5. The highest BCUT2D eigenvalue weighted by Crippen LogP contribution is 2.49. The molecule has 0 radical (unpaired) electrons. The van der Waals surface area contributed by atoms with Crippen LogP contribution in [0.4, 0.5) is 26.2 Å². The number of imidazole rings is 1. The smallest absolute Gasteiger partial charge is 0.260 e. The van der Waals surface area contributed by atoms with Crippen LogP contribution in [0.5, 0.6) is 0 Å². The second-order valence-electron chi connectivity index (χ2n) is 7.36. The van der Waals surface area contributed by atoms with Crippen LogP contribution >= 0.6 is 0 Å². The first kappa shape index (κ1) is 20.8. The minimum atomic E-state index is -2.95. The van der Waals surface area contributed by atoms with Gasteiger partial charge in [-0.2, -0.15) is 0 Å². The van der Waals surface area contributed by atoms with Crippen LogP contribution in [0.1, 0.15) is 37.1 Å². The molecular formula is C20H21F2N7O2. The molecule has 0 spiro atoms. The summed E-state index contributed by atoms with van der Waals surface area (Å²) in [5.41, 5.74) is 2.15. The molecular weight excluding hydrogens is 408 g/mol. The summed E-state index contributed by atoms with van der Waals surface area (Å²) in [5.74, 6) is -4.10. The number of carbonyl (C=O) groups excluding carboxylic acids is 1. The summed E-state index contributed by atoms with van der Waals surface area (Å²) >= 11 is 0. The summed E-state index contributed by atoms with van der Waals surface area (Å²) in [6, 6.07) is 3.27. The van der Waals surface area contributed by atoms with Gasteiger partial charge in [0.1, 0.15) is 23.9 Å². The molecule has 2 atom stereocenters. The fraction of sp³-hybridized carbons (Fsp3) is 0.350. The van der Waals surface area contributed by atoms with E-state index in [0.29, 0.717) is 29.6 Å². The zero-order valence-electron chi connectivity index (χ0n) is 16.9. The highest BCUT2D eigenvalue weighted by molar-refractivity contribution is 5.94. The van der Waals surface area contributed by atoms with Crippen LogP contribution < -0.4 is 10.6 Å². The molecule has 1 fully saturated rings. The van der Waals surface area contributed by atoms with Crippen LogP contribution in [0.25, 0.3) is 5.82 Å². The molecule has 1 amide bonds. The van der Waals surface area contributed by atoms with Crippen molar-refractivity contribution in [3.8, 4) is 5.82 Å². The Bertz CT molecular complexity index is 1120. The zero-order valence-corrected chi connectivity index (χ0v) is 16.9. The lowest BCUT2D eigenvalue weighted by Gasteiger charge is -2.14. The number of amides is 1. The number of aliphatic hydroxyl groups excluding tert-OH is 1. The Morgan fingerprint density at radius 3 is 2.77 bits per heavy atom. The number of hydrogen-bond donors (Lipinski definition) is 3. The molecule has 3 heterocycles. The number of aromatic nitrogens is 5. The van der Waals surface area contributed by atoms with E-state index in [1.807, 2.05) is 13.8 Å². The SMILES string of the molecule is CCC(O)c1cc(C)c(Nc2nccn2-c2cc(NC(=O)[C@H]3CC3(F)F)ncn2)cn1. The minimum absolute atomic E-state index is 0.119. The van der Waals surface area contributed by atoms with Gasteiger partial charge in [0.25, 0.3) is 5.92 Å². The first-order valence-corrected chi connectivity index (χ1v) is 9.74. The summed E-state index contributed by atoms with van der Waals surface area (Å²) in [7, 11) is 0. The number of anilines is 3. The summed E-state index contributed by atoms with van der Waals surface area (Å²) in [6.45, 7) is 3.76. The number of nitrogens with one attached hydrogen (secondary N) is 2. The van der Waals surface area contributed by atoms with Crippen LogP contribution in [0, 0.1) is 12.8 Å². The number of rotatable bonds is 7. The molecule has 1 saturated carbocycles. The van der Waals surface area contributed by atoms with Gasteiger partial charge in [0, 0.05) is 24.9 Å². The van der Waals surface area contributed by atoms with Crippen molar-refractivity contribution < 1.29 is 18.7 Å². The third-order valence-corrected chi connectivity index (χ3v) is 5.04. The van der Waals surface area contributed by atoms with E-state index in [9.17, 15) is 18.7 Å². The van der Waals surface area contributed by atoms with Gasteiger partial charge < -0.3 is 15.7 Å². The molecule has 3 aromatic heterocycles. The molecule has 1 aliphatic rings. The maximum absolute atomic E-state index is 13.1. The number of aryl methyl sites for hydroxylation is 1. The van der Waals surface area contributed by atoms with Crippen LogP contribution in [0.15, 0.2) is 37.1 Å². The van der Waals surface area contributed by atoms with Crippen molar-refractivity contribution in [1.82, 2.24) is 24.5 Å². The number of carbonyl (C=O) groups is 1. The third kappa shape index (κ3) is 4.36. The Labute approximate surface area is 176 Å². The Balaban J connectivity index is 1.53. The van der Waals surface area contributed by atoms with E-state index in [-0.39, 0.29) is 5.82 Å². The lowest BCUT2D eigenvalue weighted by molar-refractivity contribution is -0.119. The average Bonchev–Trinajstić information content (AvgIpc) is 3.16. The molecule has 11 heteroatoms. The molecule has 162 valence electrons. The van der Waals surface area contributed by atoms with Gasteiger partial charge in [-0.15, -0.1) is 0 Å². The standard InChI is InChI=1S/C20H21F2N7O2/c1-3-15(30)13-6-11(2)14(9-24-13)27-19-23-4-5-29(19)17-7-16(25-10-26-17)28-18(31)12-8-20(12,21)22/h4-7,9-10,12,15,30H,3,8H2,1-2H3,(H,23,27)(H,25,26,28,31)/t12-,15?/m1/s1. The molecule has 9 nitrogen and oxygen atoms in total. The summed E-state index contributed by atoms with van der Waals surface area (Å²) in [4.78, 5) is 28.6. The Morgan fingerprint density at radius 2 is 2.10 bits per heavy atom. The van der Waals surface area contributed by atoms with Crippen molar-refractivity contribution in [1.29, 1.82) is 0 Å². The van der Waals surface area contributed by atoms with E-state index in [1.165, 1.54) is 12.4 Å².